The number of rotatable bonds is 8. The van der Waals surface area contributed by atoms with E-state index in [4.69, 9.17) is 4.74 Å². The standard InChI is InChI=1S/C23H24N2O4S/c1-18(19-11-5-3-6-12-19)24-23(26)17-25(21-15-9-10-16-22(21)29-2)30(27,28)20-13-7-4-8-14-20/h3-16,18H,17H2,1-2H3,(H,24,26)/t18-/m0/s1. The van der Waals surface area contributed by atoms with Crippen LogP contribution < -0.4 is 14.4 Å². The van der Waals surface area contributed by atoms with Gasteiger partial charge in [-0.15, -0.1) is 0 Å². The number of para-hydroxylation sites is 2. The molecule has 0 saturated carbocycles. The van der Waals surface area contributed by atoms with E-state index in [2.05, 4.69) is 5.32 Å². The molecule has 0 unspecified atom stereocenters. The molecule has 7 heteroatoms. The van der Waals surface area contributed by atoms with Crippen LogP contribution >= 0.6 is 0 Å². The summed E-state index contributed by atoms with van der Waals surface area (Å²) in [5, 5.41) is 2.87. The van der Waals surface area contributed by atoms with Crippen LogP contribution in [0.3, 0.4) is 0 Å². The Morgan fingerprint density at radius 3 is 2.13 bits per heavy atom. The lowest BCUT2D eigenvalue weighted by atomic mass is 10.1. The number of hydrogen-bond donors (Lipinski definition) is 1. The Balaban J connectivity index is 1.93. The molecule has 1 amide bonds. The Bertz CT molecular complexity index is 1090. The highest BCUT2D eigenvalue weighted by atomic mass is 32.2. The molecule has 0 aromatic heterocycles. The summed E-state index contributed by atoms with van der Waals surface area (Å²) in [7, 11) is -2.53. The second kappa shape index (κ2) is 9.45. The van der Waals surface area contributed by atoms with Crippen LogP contribution in [0.4, 0.5) is 5.69 Å². The molecular weight excluding hydrogens is 400 g/mol. The van der Waals surface area contributed by atoms with Crippen LogP contribution in [0.1, 0.15) is 18.5 Å². The summed E-state index contributed by atoms with van der Waals surface area (Å²) < 4.78 is 33.2. The Morgan fingerprint density at radius 1 is 0.933 bits per heavy atom. The first-order valence-electron chi connectivity index (χ1n) is 9.48. The van der Waals surface area contributed by atoms with Gasteiger partial charge in [0.05, 0.1) is 23.7 Å². The quantitative estimate of drug-likeness (QED) is 0.597. The molecule has 0 fully saturated rings. The summed E-state index contributed by atoms with van der Waals surface area (Å²) in [6.07, 6.45) is 0. The van der Waals surface area contributed by atoms with Gasteiger partial charge in [-0.05, 0) is 36.8 Å². The molecule has 0 radical (unpaired) electrons. The summed E-state index contributed by atoms with van der Waals surface area (Å²) in [6.45, 7) is 1.47. The van der Waals surface area contributed by atoms with Crippen LogP contribution in [-0.4, -0.2) is 28.0 Å². The van der Waals surface area contributed by atoms with E-state index in [1.807, 2.05) is 37.3 Å². The van der Waals surface area contributed by atoms with E-state index in [0.29, 0.717) is 11.4 Å². The smallest absolute Gasteiger partial charge is 0.264 e. The predicted octanol–water partition coefficient (Wildman–Crippen LogP) is 3.77. The number of carbonyl (C=O) groups excluding carboxylic acids is 1. The van der Waals surface area contributed by atoms with Gasteiger partial charge in [-0.3, -0.25) is 9.10 Å². The van der Waals surface area contributed by atoms with Crippen molar-refractivity contribution in [3.8, 4) is 5.75 Å². The minimum Gasteiger partial charge on any atom is -0.495 e. The topological polar surface area (TPSA) is 75.7 Å². The second-order valence-electron chi connectivity index (χ2n) is 6.70. The van der Waals surface area contributed by atoms with Gasteiger partial charge in [0, 0.05) is 0 Å². The number of amides is 1. The van der Waals surface area contributed by atoms with E-state index < -0.39 is 15.9 Å². The van der Waals surface area contributed by atoms with E-state index in [0.717, 1.165) is 9.87 Å². The Morgan fingerprint density at radius 2 is 1.50 bits per heavy atom. The van der Waals surface area contributed by atoms with Gasteiger partial charge < -0.3 is 10.1 Å². The number of sulfonamides is 1. The first kappa shape index (κ1) is 21.4. The lowest BCUT2D eigenvalue weighted by Gasteiger charge is -2.26. The number of benzene rings is 3. The van der Waals surface area contributed by atoms with Crippen LogP contribution in [0.25, 0.3) is 0 Å². The van der Waals surface area contributed by atoms with Crippen LogP contribution in [0.2, 0.25) is 0 Å². The minimum absolute atomic E-state index is 0.0970. The molecule has 3 aromatic carbocycles. The molecule has 3 aromatic rings. The van der Waals surface area contributed by atoms with Gasteiger partial charge >= 0.3 is 0 Å². The first-order valence-corrected chi connectivity index (χ1v) is 10.9. The molecule has 0 aliphatic rings. The van der Waals surface area contributed by atoms with Crippen molar-refractivity contribution in [2.24, 2.45) is 0 Å². The average Bonchev–Trinajstić information content (AvgIpc) is 2.78. The van der Waals surface area contributed by atoms with E-state index >= 15 is 0 Å². The molecule has 0 heterocycles. The van der Waals surface area contributed by atoms with Crippen molar-refractivity contribution in [1.29, 1.82) is 0 Å². The summed E-state index contributed by atoms with van der Waals surface area (Å²) >= 11 is 0. The van der Waals surface area contributed by atoms with Gasteiger partial charge in [-0.1, -0.05) is 60.7 Å². The zero-order chi connectivity index (χ0) is 21.6. The molecule has 0 spiro atoms. The number of nitrogens with one attached hydrogen (secondary N) is 1. The number of methoxy groups -OCH3 is 1. The lowest BCUT2D eigenvalue weighted by Crippen LogP contribution is -2.41. The largest absolute Gasteiger partial charge is 0.495 e. The summed E-state index contributed by atoms with van der Waals surface area (Å²) in [5.41, 5.74) is 1.23. The minimum atomic E-state index is -3.99. The first-order chi connectivity index (χ1) is 14.4. The molecule has 3 rings (SSSR count). The fraction of sp³-hybridized carbons (Fsp3) is 0.174. The van der Waals surface area contributed by atoms with Crippen molar-refractivity contribution < 1.29 is 17.9 Å². The van der Waals surface area contributed by atoms with Gasteiger partial charge in [0.25, 0.3) is 10.0 Å². The number of nitrogens with zero attached hydrogens (tertiary/aromatic N) is 1. The molecule has 0 aliphatic heterocycles. The van der Waals surface area contributed by atoms with Crippen LogP contribution in [0, 0.1) is 0 Å². The van der Waals surface area contributed by atoms with Crippen molar-refractivity contribution in [3.05, 3.63) is 90.5 Å². The van der Waals surface area contributed by atoms with Crippen molar-refractivity contribution >= 4 is 21.6 Å². The molecule has 0 bridgehead atoms. The normalized spacial score (nSPS) is 12.1. The second-order valence-corrected chi connectivity index (χ2v) is 8.56. The van der Waals surface area contributed by atoms with Crippen LogP contribution in [-0.2, 0) is 14.8 Å². The average molecular weight is 425 g/mol. The van der Waals surface area contributed by atoms with E-state index in [-0.39, 0.29) is 17.5 Å². The number of hydrogen-bond acceptors (Lipinski definition) is 4. The maximum Gasteiger partial charge on any atom is 0.264 e. The summed E-state index contributed by atoms with van der Waals surface area (Å²) in [4.78, 5) is 12.9. The monoisotopic (exact) mass is 424 g/mol. The predicted molar refractivity (Wildman–Crippen MR) is 117 cm³/mol. The maximum absolute atomic E-state index is 13.4. The van der Waals surface area contributed by atoms with Crippen molar-refractivity contribution in [3.63, 3.8) is 0 Å². The fourth-order valence-corrected chi connectivity index (χ4v) is 4.55. The molecule has 1 atom stereocenters. The van der Waals surface area contributed by atoms with E-state index in [1.165, 1.54) is 19.2 Å². The molecule has 30 heavy (non-hydrogen) atoms. The third-order valence-corrected chi connectivity index (χ3v) is 6.42. The van der Waals surface area contributed by atoms with Gasteiger partial charge in [-0.2, -0.15) is 0 Å². The molecule has 1 N–H and O–H groups in total. The maximum atomic E-state index is 13.4. The molecule has 6 nitrogen and oxygen atoms in total. The van der Waals surface area contributed by atoms with Crippen molar-refractivity contribution in [2.45, 2.75) is 17.9 Å². The number of ether oxygens (including phenoxy) is 1. The Kier molecular flexibility index (Phi) is 6.74. The van der Waals surface area contributed by atoms with E-state index in [1.54, 1.807) is 42.5 Å². The zero-order valence-electron chi connectivity index (χ0n) is 16.9. The molecule has 0 aliphatic carbocycles. The van der Waals surface area contributed by atoms with Gasteiger partial charge in [0.1, 0.15) is 12.3 Å². The highest BCUT2D eigenvalue weighted by Crippen LogP contribution is 2.32. The zero-order valence-corrected chi connectivity index (χ0v) is 17.7. The highest BCUT2D eigenvalue weighted by molar-refractivity contribution is 7.92. The third kappa shape index (κ3) is 4.80. The van der Waals surface area contributed by atoms with Crippen LogP contribution in [0.15, 0.2) is 89.8 Å². The molecule has 156 valence electrons. The molecular formula is C23H24N2O4S. The number of anilines is 1. The number of carbonyl (C=O) groups is 1. The Hall–Kier alpha value is -3.32. The molecule has 0 saturated heterocycles. The summed E-state index contributed by atoms with van der Waals surface area (Å²) in [6, 6.07) is 24.0. The highest BCUT2D eigenvalue weighted by Gasteiger charge is 2.29. The SMILES string of the molecule is COc1ccccc1N(CC(=O)N[C@@H](C)c1ccccc1)S(=O)(=O)c1ccccc1. The van der Waals surface area contributed by atoms with E-state index in [9.17, 15) is 13.2 Å². The van der Waals surface area contributed by atoms with Gasteiger partial charge in [-0.25, -0.2) is 8.42 Å². The fourth-order valence-electron chi connectivity index (χ4n) is 3.10. The Labute approximate surface area is 177 Å². The van der Waals surface area contributed by atoms with Crippen LogP contribution in [0.5, 0.6) is 5.75 Å². The van der Waals surface area contributed by atoms with Gasteiger partial charge in [0.2, 0.25) is 5.91 Å². The van der Waals surface area contributed by atoms with Gasteiger partial charge in [0.15, 0.2) is 0 Å². The summed E-state index contributed by atoms with van der Waals surface area (Å²) in [5.74, 6) is -0.0577. The third-order valence-electron chi connectivity index (χ3n) is 4.65. The van der Waals surface area contributed by atoms with Crippen molar-refractivity contribution in [2.75, 3.05) is 18.0 Å². The lowest BCUT2D eigenvalue weighted by molar-refractivity contribution is -0.120. The van der Waals surface area contributed by atoms with Crippen molar-refractivity contribution in [1.82, 2.24) is 5.32 Å².